The highest BCUT2D eigenvalue weighted by atomic mass is 19.4. The summed E-state index contributed by atoms with van der Waals surface area (Å²) in [6, 6.07) is -0.540. The molecule has 2 saturated heterocycles. The van der Waals surface area contributed by atoms with Crippen molar-refractivity contribution in [3.63, 3.8) is 0 Å². The Morgan fingerprint density at radius 2 is 2.00 bits per heavy atom. The van der Waals surface area contributed by atoms with Crippen LogP contribution in [0.1, 0.15) is 25.3 Å². The molecule has 0 spiro atoms. The van der Waals surface area contributed by atoms with E-state index < -0.39 is 23.9 Å². The lowest BCUT2D eigenvalue weighted by Crippen LogP contribution is -2.55. The molecule has 28 heavy (non-hydrogen) atoms. The summed E-state index contributed by atoms with van der Waals surface area (Å²) in [7, 11) is 0. The number of nitrogens with two attached hydrogens (primary N) is 1. The SMILES string of the molecule is CC(N)COC1CCN([C@H]2CCN(c3ncc(C(F)(F)F)cn3)C[C@@H]2O)C1=O. The number of likely N-dealkylation sites (tertiary alicyclic amines) is 1. The predicted octanol–water partition coefficient (Wildman–Crippen LogP) is 0.400. The molecule has 2 aliphatic heterocycles. The average Bonchev–Trinajstić information content (AvgIpc) is 3.00. The number of piperidine rings is 1. The number of hydrogen-bond donors (Lipinski definition) is 2. The standard InChI is InChI=1S/C17H24F3N5O3/c1-10(21)9-28-14-3-5-25(15(14)27)12-2-4-24(8-13(12)26)16-22-6-11(7-23-16)17(18,19)20/h6-7,10,12-14,26H,2-5,8-9,21H2,1H3/t10?,12-,13-,14?/m0/s1. The third-order valence-electron chi connectivity index (χ3n) is 4.95. The molecular weight excluding hydrogens is 379 g/mol. The van der Waals surface area contributed by atoms with E-state index in [2.05, 4.69) is 9.97 Å². The van der Waals surface area contributed by atoms with Crippen LogP contribution in [0.4, 0.5) is 19.1 Å². The Hall–Kier alpha value is -1.98. The molecular formula is C17H24F3N5O3. The van der Waals surface area contributed by atoms with Crippen LogP contribution in [-0.4, -0.2) is 76.4 Å². The highest BCUT2D eigenvalue weighted by Gasteiger charge is 2.41. The number of nitrogens with zero attached hydrogens (tertiary/aromatic N) is 4. The van der Waals surface area contributed by atoms with Gasteiger partial charge in [0, 0.05) is 44.5 Å². The Morgan fingerprint density at radius 1 is 1.32 bits per heavy atom. The molecule has 3 heterocycles. The van der Waals surface area contributed by atoms with Gasteiger partial charge >= 0.3 is 6.18 Å². The van der Waals surface area contributed by atoms with Crippen molar-refractivity contribution in [3.05, 3.63) is 18.0 Å². The lowest BCUT2D eigenvalue weighted by atomic mass is 10.0. The maximum Gasteiger partial charge on any atom is 0.419 e. The van der Waals surface area contributed by atoms with Crippen LogP contribution < -0.4 is 10.6 Å². The van der Waals surface area contributed by atoms with E-state index in [9.17, 15) is 23.1 Å². The number of ether oxygens (including phenoxy) is 1. The van der Waals surface area contributed by atoms with Crippen LogP contribution in [0.15, 0.2) is 12.4 Å². The van der Waals surface area contributed by atoms with Gasteiger partial charge in [0.2, 0.25) is 5.95 Å². The number of β-amino-alcohol motifs (C(OH)–C–C–N with tert-alkyl or cyclic N) is 1. The van der Waals surface area contributed by atoms with Gasteiger partial charge in [0.05, 0.1) is 24.3 Å². The first-order valence-electron chi connectivity index (χ1n) is 9.16. The van der Waals surface area contributed by atoms with E-state index in [1.54, 1.807) is 16.7 Å². The molecule has 2 aliphatic rings. The maximum atomic E-state index is 12.6. The van der Waals surface area contributed by atoms with Crippen molar-refractivity contribution in [2.75, 3.05) is 31.1 Å². The van der Waals surface area contributed by atoms with E-state index in [0.717, 1.165) is 12.4 Å². The van der Waals surface area contributed by atoms with Crippen LogP contribution >= 0.6 is 0 Å². The van der Waals surface area contributed by atoms with Crippen LogP contribution in [0, 0.1) is 0 Å². The van der Waals surface area contributed by atoms with Crippen LogP contribution in [0.2, 0.25) is 0 Å². The van der Waals surface area contributed by atoms with Gasteiger partial charge in [-0.2, -0.15) is 13.2 Å². The molecule has 0 bridgehead atoms. The quantitative estimate of drug-likeness (QED) is 0.733. The zero-order valence-corrected chi connectivity index (χ0v) is 15.5. The van der Waals surface area contributed by atoms with Crippen molar-refractivity contribution in [3.8, 4) is 0 Å². The maximum absolute atomic E-state index is 12.6. The summed E-state index contributed by atoms with van der Waals surface area (Å²) < 4.78 is 43.4. The second kappa shape index (κ2) is 8.18. The number of aliphatic hydroxyl groups excluding tert-OH is 1. The molecule has 156 valence electrons. The van der Waals surface area contributed by atoms with E-state index in [1.807, 2.05) is 0 Å². The first-order chi connectivity index (χ1) is 13.2. The fraction of sp³-hybridized carbons (Fsp3) is 0.706. The van der Waals surface area contributed by atoms with Gasteiger partial charge in [0.25, 0.3) is 5.91 Å². The number of alkyl halides is 3. The summed E-state index contributed by atoms with van der Waals surface area (Å²) in [4.78, 5) is 23.3. The van der Waals surface area contributed by atoms with E-state index in [0.29, 0.717) is 25.9 Å². The molecule has 0 saturated carbocycles. The number of carbonyl (C=O) groups is 1. The molecule has 11 heteroatoms. The smallest absolute Gasteiger partial charge is 0.389 e. The van der Waals surface area contributed by atoms with Crippen LogP contribution in [0.25, 0.3) is 0 Å². The van der Waals surface area contributed by atoms with E-state index in [4.69, 9.17) is 10.5 Å². The van der Waals surface area contributed by atoms with Gasteiger partial charge in [-0.15, -0.1) is 0 Å². The minimum atomic E-state index is -4.50. The lowest BCUT2D eigenvalue weighted by molar-refractivity contribution is -0.141. The molecule has 4 atom stereocenters. The molecule has 8 nitrogen and oxygen atoms in total. The van der Waals surface area contributed by atoms with Crippen LogP contribution in [-0.2, 0) is 15.7 Å². The first-order valence-corrected chi connectivity index (χ1v) is 9.16. The number of anilines is 1. The molecule has 0 aliphatic carbocycles. The Kier molecular flexibility index (Phi) is 6.06. The second-order valence-electron chi connectivity index (χ2n) is 7.26. The molecule has 1 aromatic heterocycles. The van der Waals surface area contributed by atoms with Gasteiger partial charge in [0.15, 0.2) is 0 Å². The lowest BCUT2D eigenvalue weighted by Gasteiger charge is -2.40. The first kappa shape index (κ1) is 20.7. The minimum Gasteiger partial charge on any atom is -0.389 e. The van der Waals surface area contributed by atoms with Gasteiger partial charge in [0.1, 0.15) is 6.10 Å². The Morgan fingerprint density at radius 3 is 2.57 bits per heavy atom. The summed E-state index contributed by atoms with van der Waals surface area (Å²) in [6.07, 6.45) is -3.46. The highest BCUT2D eigenvalue weighted by Crippen LogP contribution is 2.29. The fourth-order valence-corrected chi connectivity index (χ4v) is 3.52. The normalized spacial score (nSPS) is 27.4. The van der Waals surface area contributed by atoms with Crippen molar-refractivity contribution < 1.29 is 27.8 Å². The number of amides is 1. The van der Waals surface area contributed by atoms with Gasteiger partial charge < -0.3 is 25.4 Å². The molecule has 1 aromatic rings. The molecule has 3 rings (SSSR count). The molecule has 1 amide bonds. The van der Waals surface area contributed by atoms with Crippen molar-refractivity contribution in [1.82, 2.24) is 14.9 Å². The Labute approximate surface area is 160 Å². The highest BCUT2D eigenvalue weighted by molar-refractivity contribution is 5.83. The Bertz CT molecular complexity index is 686. The summed E-state index contributed by atoms with van der Waals surface area (Å²) in [5.74, 6) is -0.0414. The van der Waals surface area contributed by atoms with Gasteiger partial charge in [-0.05, 0) is 13.3 Å². The second-order valence-corrected chi connectivity index (χ2v) is 7.26. The van der Waals surface area contributed by atoms with Crippen molar-refractivity contribution >= 4 is 11.9 Å². The summed E-state index contributed by atoms with van der Waals surface area (Å²) >= 11 is 0. The van der Waals surface area contributed by atoms with E-state index in [1.165, 1.54) is 0 Å². The van der Waals surface area contributed by atoms with Crippen LogP contribution in [0.3, 0.4) is 0 Å². The summed E-state index contributed by atoms with van der Waals surface area (Å²) in [6.45, 7) is 3.12. The van der Waals surface area contributed by atoms with Crippen molar-refractivity contribution in [1.29, 1.82) is 0 Å². The largest absolute Gasteiger partial charge is 0.419 e. The number of hydrogen-bond acceptors (Lipinski definition) is 7. The Balaban J connectivity index is 1.59. The third-order valence-corrected chi connectivity index (χ3v) is 4.95. The number of rotatable bonds is 5. The predicted molar refractivity (Wildman–Crippen MR) is 93.4 cm³/mol. The summed E-state index contributed by atoms with van der Waals surface area (Å²) in [5, 5.41) is 10.5. The van der Waals surface area contributed by atoms with Crippen molar-refractivity contribution in [2.45, 2.75) is 50.2 Å². The minimum absolute atomic E-state index is 0.122. The number of aliphatic hydroxyl groups is 1. The third kappa shape index (κ3) is 4.53. The molecule has 2 unspecified atom stereocenters. The molecule has 0 radical (unpaired) electrons. The molecule has 3 N–H and O–H groups in total. The zero-order chi connectivity index (χ0) is 20.5. The van der Waals surface area contributed by atoms with Gasteiger partial charge in [-0.3, -0.25) is 4.79 Å². The number of aromatic nitrogens is 2. The van der Waals surface area contributed by atoms with Crippen LogP contribution in [0.5, 0.6) is 0 Å². The number of halogens is 3. The number of carbonyl (C=O) groups excluding carboxylic acids is 1. The summed E-state index contributed by atoms with van der Waals surface area (Å²) in [5.41, 5.74) is 4.73. The monoisotopic (exact) mass is 403 g/mol. The molecule has 0 aromatic carbocycles. The zero-order valence-electron chi connectivity index (χ0n) is 15.5. The fourth-order valence-electron chi connectivity index (χ4n) is 3.52. The molecule has 2 fully saturated rings. The average molecular weight is 403 g/mol. The van der Waals surface area contributed by atoms with Crippen molar-refractivity contribution in [2.24, 2.45) is 5.73 Å². The van der Waals surface area contributed by atoms with Gasteiger partial charge in [-0.25, -0.2) is 9.97 Å². The topological polar surface area (TPSA) is 105 Å². The van der Waals surface area contributed by atoms with Gasteiger partial charge in [-0.1, -0.05) is 0 Å². The van der Waals surface area contributed by atoms with E-state index in [-0.39, 0.29) is 37.1 Å². The van der Waals surface area contributed by atoms with E-state index >= 15 is 0 Å².